The molecule has 2 heteroatoms. The van der Waals surface area contributed by atoms with E-state index in [-0.39, 0.29) is 0 Å². The van der Waals surface area contributed by atoms with Gasteiger partial charge in [0, 0.05) is 19.1 Å². The van der Waals surface area contributed by atoms with E-state index in [4.69, 9.17) is 0 Å². The Kier molecular flexibility index (Phi) is 4.65. The summed E-state index contributed by atoms with van der Waals surface area (Å²) < 4.78 is 0. The molecule has 1 aliphatic rings. The van der Waals surface area contributed by atoms with E-state index in [1.165, 1.54) is 26.1 Å². The monoisotopic (exact) mass is 240 g/mol. The number of hydrogen-bond donors (Lipinski definition) is 1. The molecule has 1 N–H and O–H groups in total. The Hall–Kier alpha value is -0.0800. The van der Waals surface area contributed by atoms with Crippen LogP contribution in [0, 0.1) is 16.7 Å². The molecule has 0 saturated carbocycles. The molecule has 1 heterocycles. The van der Waals surface area contributed by atoms with E-state index < -0.39 is 0 Å². The van der Waals surface area contributed by atoms with Gasteiger partial charge in [-0.1, -0.05) is 34.6 Å². The Bertz CT molecular complexity index is 234. The van der Waals surface area contributed by atoms with E-state index in [1.807, 2.05) is 0 Å². The lowest BCUT2D eigenvalue weighted by Gasteiger charge is -2.42. The van der Waals surface area contributed by atoms with Gasteiger partial charge in [-0.15, -0.1) is 0 Å². The third kappa shape index (κ3) is 3.45. The van der Waals surface area contributed by atoms with Crippen molar-refractivity contribution in [1.82, 2.24) is 10.2 Å². The molecular formula is C15H32N2. The zero-order valence-corrected chi connectivity index (χ0v) is 12.9. The first-order valence-corrected chi connectivity index (χ1v) is 7.10. The summed E-state index contributed by atoms with van der Waals surface area (Å²) in [7, 11) is 2.29. The van der Waals surface area contributed by atoms with Gasteiger partial charge in [0.2, 0.25) is 0 Å². The summed E-state index contributed by atoms with van der Waals surface area (Å²) >= 11 is 0. The van der Waals surface area contributed by atoms with Crippen LogP contribution in [0.25, 0.3) is 0 Å². The lowest BCUT2D eigenvalue weighted by Crippen LogP contribution is -2.48. The first kappa shape index (κ1) is 15.0. The second kappa shape index (κ2) is 5.27. The SMILES string of the molecule is CC(N(C)CC1(C(C)C)CCNC1)C(C)(C)C. The highest BCUT2D eigenvalue weighted by Gasteiger charge is 2.39. The summed E-state index contributed by atoms with van der Waals surface area (Å²) in [6.07, 6.45) is 1.33. The smallest absolute Gasteiger partial charge is 0.0113 e. The summed E-state index contributed by atoms with van der Waals surface area (Å²) in [5.41, 5.74) is 0.840. The van der Waals surface area contributed by atoms with Crippen molar-refractivity contribution in [3.05, 3.63) is 0 Å². The van der Waals surface area contributed by atoms with Crippen molar-refractivity contribution in [3.63, 3.8) is 0 Å². The van der Waals surface area contributed by atoms with Gasteiger partial charge in [-0.25, -0.2) is 0 Å². The zero-order valence-electron chi connectivity index (χ0n) is 12.9. The third-order valence-corrected chi connectivity index (χ3v) is 4.98. The summed E-state index contributed by atoms with van der Waals surface area (Å²) in [5, 5.41) is 3.55. The summed E-state index contributed by atoms with van der Waals surface area (Å²) in [4.78, 5) is 2.56. The van der Waals surface area contributed by atoms with Crippen LogP contribution >= 0.6 is 0 Å². The Balaban J connectivity index is 2.68. The molecule has 0 aromatic carbocycles. The molecule has 1 saturated heterocycles. The maximum atomic E-state index is 3.55. The molecule has 0 bridgehead atoms. The minimum Gasteiger partial charge on any atom is -0.316 e. The fourth-order valence-corrected chi connectivity index (χ4v) is 2.87. The van der Waals surface area contributed by atoms with Crippen LogP contribution in [0.3, 0.4) is 0 Å². The molecular weight excluding hydrogens is 208 g/mol. The molecule has 0 aromatic heterocycles. The molecule has 0 amide bonds. The van der Waals surface area contributed by atoms with Crippen molar-refractivity contribution in [1.29, 1.82) is 0 Å². The second-order valence-electron chi connectivity index (χ2n) is 7.40. The van der Waals surface area contributed by atoms with Crippen LogP contribution in [0.5, 0.6) is 0 Å². The van der Waals surface area contributed by atoms with Gasteiger partial charge in [0.25, 0.3) is 0 Å². The minimum atomic E-state index is 0.360. The van der Waals surface area contributed by atoms with Crippen molar-refractivity contribution < 1.29 is 0 Å². The Labute approximate surface area is 108 Å². The van der Waals surface area contributed by atoms with E-state index in [9.17, 15) is 0 Å². The maximum Gasteiger partial charge on any atom is 0.0113 e. The Morgan fingerprint density at radius 1 is 1.24 bits per heavy atom. The van der Waals surface area contributed by atoms with Gasteiger partial charge in [-0.2, -0.15) is 0 Å². The first-order valence-electron chi connectivity index (χ1n) is 7.10. The van der Waals surface area contributed by atoms with Crippen LogP contribution in [0.15, 0.2) is 0 Å². The number of nitrogens with one attached hydrogen (secondary N) is 1. The van der Waals surface area contributed by atoms with Gasteiger partial charge in [0.1, 0.15) is 0 Å². The molecule has 2 unspecified atom stereocenters. The molecule has 1 rings (SSSR count). The highest BCUT2D eigenvalue weighted by molar-refractivity contribution is 4.94. The Morgan fingerprint density at radius 3 is 2.18 bits per heavy atom. The predicted octanol–water partition coefficient (Wildman–Crippen LogP) is 2.99. The minimum absolute atomic E-state index is 0.360. The molecule has 1 fully saturated rings. The van der Waals surface area contributed by atoms with Gasteiger partial charge in [-0.05, 0) is 43.7 Å². The van der Waals surface area contributed by atoms with Crippen molar-refractivity contribution in [2.45, 2.75) is 54.0 Å². The molecule has 0 spiro atoms. The largest absolute Gasteiger partial charge is 0.316 e. The molecule has 0 aliphatic carbocycles. The average Bonchev–Trinajstić information content (AvgIpc) is 2.64. The number of nitrogens with zero attached hydrogens (tertiary/aromatic N) is 1. The lowest BCUT2D eigenvalue weighted by atomic mass is 9.75. The highest BCUT2D eigenvalue weighted by atomic mass is 15.2. The van der Waals surface area contributed by atoms with E-state index in [0.29, 0.717) is 16.9 Å². The summed E-state index contributed by atoms with van der Waals surface area (Å²) in [6, 6.07) is 0.624. The molecule has 0 aromatic rings. The van der Waals surface area contributed by atoms with Crippen LogP contribution in [-0.2, 0) is 0 Å². The van der Waals surface area contributed by atoms with Gasteiger partial charge < -0.3 is 10.2 Å². The van der Waals surface area contributed by atoms with Crippen molar-refractivity contribution >= 4 is 0 Å². The molecule has 17 heavy (non-hydrogen) atoms. The standard InChI is InChI=1S/C15H32N2/c1-12(2)15(8-9-16-10-15)11-17(7)13(3)14(4,5)6/h12-13,16H,8-11H2,1-7H3. The topological polar surface area (TPSA) is 15.3 Å². The van der Waals surface area contributed by atoms with Crippen molar-refractivity contribution in [2.75, 3.05) is 26.7 Å². The highest BCUT2D eigenvalue weighted by Crippen LogP contribution is 2.36. The fraction of sp³-hybridized carbons (Fsp3) is 1.00. The Morgan fingerprint density at radius 2 is 1.82 bits per heavy atom. The summed E-state index contributed by atoms with van der Waals surface area (Å²) in [6.45, 7) is 17.7. The van der Waals surface area contributed by atoms with Gasteiger partial charge in [0.05, 0.1) is 0 Å². The van der Waals surface area contributed by atoms with Crippen LogP contribution in [0.2, 0.25) is 0 Å². The third-order valence-electron chi connectivity index (χ3n) is 4.98. The predicted molar refractivity (Wildman–Crippen MR) is 76.3 cm³/mol. The van der Waals surface area contributed by atoms with E-state index in [2.05, 4.69) is 58.8 Å². The normalized spacial score (nSPS) is 28.1. The van der Waals surface area contributed by atoms with Crippen molar-refractivity contribution in [2.24, 2.45) is 16.7 Å². The first-order chi connectivity index (χ1) is 7.69. The molecule has 102 valence electrons. The molecule has 2 atom stereocenters. The van der Waals surface area contributed by atoms with E-state index in [1.54, 1.807) is 0 Å². The van der Waals surface area contributed by atoms with Crippen LogP contribution < -0.4 is 5.32 Å². The van der Waals surface area contributed by atoms with Crippen LogP contribution in [0.4, 0.5) is 0 Å². The lowest BCUT2D eigenvalue weighted by molar-refractivity contribution is 0.0679. The zero-order chi connectivity index (χ0) is 13.3. The molecule has 1 aliphatic heterocycles. The van der Waals surface area contributed by atoms with Crippen LogP contribution in [-0.4, -0.2) is 37.6 Å². The van der Waals surface area contributed by atoms with E-state index >= 15 is 0 Å². The van der Waals surface area contributed by atoms with Gasteiger partial charge >= 0.3 is 0 Å². The number of hydrogen-bond acceptors (Lipinski definition) is 2. The quantitative estimate of drug-likeness (QED) is 0.812. The fourth-order valence-electron chi connectivity index (χ4n) is 2.87. The molecule has 0 radical (unpaired) electrons. The average molecular weight is 240 g/mol. The summed E-state index contributed by atoms with van der Waals surface area (Å²) in [5.74, 6) is 0.757. The number of rotatable bonds is 4. The molecule has 2 nitrogen and oxygen atoms in total. The van der Waals surface area contributed by atoms with Crippen LogP contribution in [0.1, 0.15) is 48.0 Å². The second-order valence-corrected chi connectivity index (χ2v) is 7.40. The van der Waals surface area contributed by atoms with E-state index in [0.717, 1.165) is 5.92 Å². The van der Waals surface area contributed by atoms with Crippen molar-refractivity contribution in [3.8, 4) is 0 Å². The van der Waals surface area contributed by atoms with Gasteiger partial charge in [-0.3, -0.25) is 0 Å². The maximum absolute atomic E-state index is 3.55. The van der Waals surface area contributed by atoms with Gasteiger partial charge in [0.15, 0.2) is 0 Å².